The SMILES string of the molecule is C=C(/C=C\C(C)=C/C)c1cc(/C(=C/C(=C\C)C(C)(C)C)CC)ccc1C(C)(CC)C(C)(C)CC.CC. The van der Waals surface area contributed by atoms with Gasteiger partial charge in [0.2, 0.25) is 0 Å². The maximum atomic E-state index is 4.55. The fourth-order valence-electron chi connectivity index (χ4n) is 4.64. The van der Waals surface area contributed by atoms with Gasteiger partial charge in [0.1, 0.15) is 0 Å². The second kappa shape index (κ2) is 14.6. The zero-order chi connectivity index (χ0) is 28.3. The van der Waals surface area contributed by atoms with Crippen molar-refractivity contribution in [1.82, 2.24) is 0 Å². The third kappa shape index (κ3) is 8.22. The minimum Gasteiger partial charge on any atom is -0.0911 e. The average Bonchev–Trinajstić information content (AvgIpc) is 2.87. The van der Waals surface area contributed by atoms with Gasteiger partial charge < -0.3 is 0 Å². The van der Waals surface area contributed by atoms with Gasteiger partial charge in [-0.2, -0.15) is 0 Å². The van der Waals surface area contributed by atoms with Gasteiger partial charge in [0, 0.05) is 0 Å². The van der Waals surface area contributed by atoms with Gasteiger partial charge in [-0.15, -0.1) is 0 Å². The van der Waals surface area contributed by atoms with Crippen molar-refractivity contribution in [2.75, 3.05) is 0 Å². The second-order valence-corrected chi connectivity index (χ2v) is 11.6. The molecule has 0 aliphatic carbocycles. The van der Waals surface area contributed by atoms with E-state index in [1.165, 1.54) is 33.4 Å². The van der Waals surface area contributed by atoms with Crippen LogP contribution >= 0.6 is 0 Å². The highest BCUT2D eigenvalue weighted by Gasteiger charge is 2.41. The van der Waals surface area contributed by atoms with E-state index in [-0.39, 0.29) is 16.2 Å². The molecule has 0 amide bonds. The Bertz CT molecular complexity index is 966. The smallest absolute Gasteiger partial charge is 0.00207 e. The molecule has 1 atom stereocenters. The van der Waals surface area contributed by atoms with Gasteiger partial charge in [-0.3, -0.25) is 0 Å². The molecule has 36 heavy (non-hydrogen) atoms. The molecule has 0 aromatic heterocycles. The molecular weight excluding hydrogens is 432 g/mol. The van der Waals surface area contributed by atoms with Crippen LogP contribution in [-0.2, 0) is 5.41 Å². The molecule has 0 aliphatic heterocycles. The molecular formula is C36H58. The van der Waals surface area contributed by atoms with E-state index < -0.39 is 0 Å². The average molecular weight is 491 g/mol. The van der Waals surface area contributed by atoms with Crippen LogP contribution in [0.1, 0.15) is 133 Å². The molecule has 0 saturated heterocycles. The highest BCUT2D eigenvalue weighted by atomic mass is 14.4. The van der Waals surface area contributed by atoms with Crippen molar-refractivity contribution in [1.29, 1.82) is 0 Å². The topological polar surface area (TPSA) is 0 Å². The number of allylic oxidation sites excluding steroid dienone is 9. The first-order valence-electron chi connectivity index (χ1n) is 14.2. The van der Waals surface area contributed by atoms with Crippen molar-refractivity contribution in [2.24, 2.45) is 10.8 Å². The summed E-state index contributed by atoms with van der Waals surface area (Å²) in [5.74, 6) is 0. The molecule has 0 bridgehead atoms. The van der Waals surface area contributed by atoms with Crippen LogP contribution in [0.2, 0.25) is 0 Å². The van der Waals surface area contributed by atoms with E-state index in [1.807, 2.05) is 13.8 Å². The van der Waals surface area contributed by atoms with Crippen molar-refractivity contribution in [3.8, 4) is 0 Å². The summed E-state index contributed by atoms with van der Waals surface area (Å²) in [5.41, 5.74) is 9.44. The summed E-state index contributed by atoms with van der Waals surface area (Å²) in [5, 5.41) is 0. The van der Waals surface area contributed by atoms with Gasteiger partial charge in [-0.25, -0.2) is 0 Å². The minimum absolute atomic E-state index is 0.0536. The van der Waals surface area contributed by atoms with Gasteiger partial charge in [0.05, 0.1) is 0 Å². The van der Waals surface area contributed by atoms with Crippen LogP contribution in [0.25, 0.3) is 11.1 Å². The van der Waals surface area contributed by atoms with E-state index >= 15 is 0 Å². The van der Waals surface area contributed by atoms with Gasteiger partial charge in [-0.1, -0.05) is 137 Å². The maximum Gasteiger partial charge on any atom is -0.00207 e. The van der Waals surface area contributed by atoms with E-state index in [0.29, 0.717) is 0 Å². The third-order valence-corrected chi connectivity index (χ3v) is 8.31. The van der Waals surface area contributed by atoms with Crippen LogP contribution < -0.4 is 0 Å². The zero-order valence-corrected chi connectivity index (χ0v) is 26.4. The molecule has 0 aliphatic rings. The van der Waals surface area contributed by atoms with Crippen LogP contribution in [0.5, 0.6) is 0 Å². The van der Waals surface area contributed by atoms with Crippen molar-refractivity contribution in [3.05, 3.63) is 83.0 Å². The summed E-state index contributed by atoms with van der Waals surface area (Å²) in [6.45, 7) is 35.9. The Hall–Kier alpha value is -2.08. The van der Waals surface area contributed by atoms with Crippen LogP contribution in [0, 0.1) is 10.8 Å². The second-order valence-electron chi connectivity index (χ2n) is 11.6. The molecule has 0 N–H and O–H groups in total. The Kier molecular flexibility index (Phi) is 13.8. The maximum absolute atomic E-state index is 4.55. The van der Waals surface area contributed by atoms with Crippen LogP contribution in [0.15, 0.2) is 66.3 Å². The first kappa shape index (κ1) is 33.9. The van der Waals surface area contributed by atoms with Crippen molar-refractivity contribution >= 4 is 11.1 Å². The molecule has 1 aromatic carbocycles. The highest BCUT2D eigenvalue weighted by Crippen LogP contribution is 2.49. The molecule has 202 valence electrons. The molecule has 0 radical (unpaired) electrons. The van der Waals surface area contributed by atoms with Crippen LogP contribution in [0.4, 0.5) is 0 Å². The first-order chi connectivity index (χ1) is 16.7. The van der Waals surface area contributed by atoms with Crippen molar-refractivity contribution < 1.29 is 0 Å². The molecule has 0 heterocycles. The number of hydrogen-bond donors (Lipinski definition) is 0. The Morgan fingerprint density at radius 1 is 0.861 bits per heavy atom. The highest BCUT2D eigenvalue weighted by molar-refractivity contribution is 5.79. The lowest BCUT2D eigenvalue weighted by atomic mass is 9.59. The molecule has 0 saturated carbocycles. The number of benzene rings is 1. The lowest BCUT2D eigenvalue weighted by Gasteiger charge is -2.45. The van der Waals surface area contributed by atoms with E-state index in [1.54, 1.807) is 0 Å². The van der Waals surface area contributed by atoms with Crippen LogP contribution in [-0.4, -0.2) is 0 Å². The standard InChI is InChI=1S/C34H52.C2H6/c1-14-25(6)19-20-26(7)30-24-28(27(15-2)23-29(16-3)32(8,9)10)21-22-31(30)34(13,18-5)33(11,12)17-4;1-2/h14,16,19-24H,7,15,17-18H2,1-6,8-13H3;1-2H3/b20-19-,25-14-,27-23+,29-16+;. The molecule has 1 aromatic rings. The molecule has 0 spiro atoms. The Labute approximate surface area is 226 Å². The molecule has 0 fully saturated rings. The summed E-state index contributed by atoms with van der Waals surface area (Å²) in [6, 6.07) is 7.14. The van der Waals surface area contributed by atoms with Gasteiger partial charge in [0.15, 0.2) is 0 Å². The van der Waals surface area contributed by atoms with Gasteiger partial charge in [0.25, 0.3) is 0 Å². The normalized spacial score (nSPS) is 15.4. The first-order valence-corrected chi connectivity index (χ1v) is 14.2. The Balaban J connectivity index is 0.00000596. The third-order valence-electron chi connectivity index (χ3n) is 8.31. The Morgan fingerprint density at radius 2 is 1.44 bits per heavy atom. The van der Waals surface area contributed by atoms with E-state index in [4.69, 9.17) is 0 Å². The summed E-state index contributed by atoms with van der Waals surface area (Å²) in [6.07, 6.45) is 14.4. The quantitative estimate of drug-likeness (QED) is 0.286. The fourth-order valence-corrected chi connectivity index (χ4v) is 4.64. The largest absolute Gasteiger partial charge is 0.0911 e. The predicted octanol–water partition coefficient (Wildman–Crippen LogP) is 12.1. The Morgan fingerprint density at radius 3 is 1.86 bits per heavy atom. The van der Waals surface area contributed by atoms with Gasteiger partial charge in [-0.05, 0) is 89.3 Å². The van der Waals surface area contributed by atoms with E-state index in [9.17, 15) is 0 Å². The summed E-state index contributed by atoms with van der Waals surface area (Å²) in [7, 11) is 0. The van der Waals surface area contributed by atoms with Gasteiger partial charge >= 0.3 is 0 Å². The lowest BCUT2D eigenvalue weighted by Crippen LogP contribution is -2.39. The van der Waals surface area contributed by atoms with E-state index in [2.05, 4.69) is 138 Å². The fraction of sp³-hybridized carbons (Fsp3) is 0.556. The van der Waals surface area contributed by atoms with E-state index in [0.717, 1.165) is 24.8 Å². The number of rotatable bonds is 10. The molecule has 0 nitrogen and oxygen atoms in total. The predicted molar refractivity (Wildman–Crippen MR) is 169 cm³/mol. The van der Waals surface area contributed by atoms with Crippen LogP contribution in [0.3, 0.4) is 0 Å². The zero-order valence-electron chi connectivity index (χ0n) is 26.4. The molecule has 1 unspecified atom stereocenters. The monoisotopic (exact) mass is 490 g/mol. The number of hydrogen-bond acceptors (Lipinski definition) is 0. The molecule has 1 rings (SSSR count). The van der Waals surface area contributed by atoms with Crippen molar-refractivity contribution in [2.45, 2.75) is 122 Å². The minimum atomic E-state index is 0.0536. The summed E-state index contributed by atoms with van der Waals surface area (Å²) < 4.78 is 0. The molecule has 0 heteroatoms. The summed E-state index contributed by atoms with van der Waals surface area (Å²) in [4.78, 5) is 0. The lowest BCUT2D eigenvalue weighted by molar-refractivity contribution is 0.163. The summed E-state index contributed by atoms with van der Waals surface area (Å²) >= 11 is 0. The van der Waals surface area contributed by atoms with Crippen molar-refractivity contribution in [3.63, 3.8) is 0 Å².